The minimum Gasteiger partial charge on any atom is -0.507 e. The number of benzene rings is 2. The average Bonchev–Trinajstić information content (AvgIpc) is 3.18. The maximum atomic E-state index is 12.6. The number of hydrogen-bond acceptors (Lipinski definition) is 5. The number of rotatable bonds is 6. The molecule has 1 heterocycles. The summed E-state index contributed by atoms with van der Waals surface area (Å²) in [7, 11) is 0. The molecular formula is C24H27BrN4O2S. The lowest BCUT2D eigenvalue weighted by Gasteiger charge is -2.22. The van der Waals surface area contributed by atoms with Gasteiger partial charge in [-0.05, 0) is 56.5 Å². The van der Waals surface area contributed by atoms with E-state index in [9.17, 15) is 9.90 Å². The fourth-order valence-corrected chi connectivity index (χ4v) is 5.26. The molecule has 0 unspecified atom stereocenters. The number of thioether (sulfide) groups is 1. The highest BCUT2D eigenvalue weighted by atomic mass is 79.9. The van der Waals surface area contributed by atoms with E-state index in [0.717, 1.165) is 34.1 Å². The Morgan fingerprint density at radius 1 is 1.16 bits per heavy atom. The van der Waals surface area contributed by atoms with Gasteiger partial charge in [0.15, 0.2) is 11.0 Å². The van der Waals surface area contributed by atoms with E-state index in [1.54, 1.807) is 12.1 Å². The maximum absolute atomic E-state index is 12.6. The molecule has 1 aliphatic carbocycles. The van der Waals surface area contributed by atoms with E-state index in [4.69, 9.17) is 0 Å². The van der Waals surface area contributed by atoms with E-state index in [1.165, 1.54) is 31.0 Å². The van der Waals surface area contributed by atoms with Crippen LogP contribution in [0.25, 0.3) is 17.1 Å². The Morgan fingerprint density at radius 2 is 1.94 bits per heavy atom. The number of carbonyl (C=O) groups excluding carboxylic acids is 1. The monoisotopic (exact) mass is 514 g/mol. The Morgan fingerprint density at radius 3 is 2.69 bits per heavy atom. The first kappa shape index (κ1) is 22.9. The first-order valence-electron chi connectivity index (χ1n) is 10.9. The van der Waals surface area contributed by atoms with Crippen LogP contribution < -0.4 is 5.32 Å². The van der Waals surface area contributed by atoms with Crippen LogP contribution in [0.1, 0.15) is 43.2 Å². The van der Waals surface area contributed by atoms with Gasteiger partial charge in [-0.3, -0.25) is 9.36 Å². The molecule has 1 aliphatic rings. The summed E-state index contributed by atoms with van der Waals surface area (Å²) in [5, 5.41) is 23.1. The van der Waals surface area contributed by atoms with Gasteiger partial charge >= 0.3 is 0 Å². The number of nitrogens with zero attached hydrogens (tertiary/aromatic N) is 3. The number of aryl methyl sites for hydroxylation is 2. The summed E-state index contributed by atoms with van der Waals surface area (Å²) in [6, 6.07) is 11.7. The zero-order valence-corrected chi connectivity index (χ0v) is 20.7. The number of phenols is 1. The second-order valence-corrected chi connectivity index (χ2v) is 10.1. The smallest absolute Gasteiger partial charge is 0.230 e. The van der Waals surface area contributed by atoms with Crippen LogP contribution in [0.2, 0.25) is 0 Å². The third kappa shape index (κ3) is 5.18. The van der Waals surface area contributed by atoms with Crippen LogP contribution in [-0.2, 0) is 4.79 Å². The van der Waals surface area contributed by atoms with Crippen molar-refractivity contribution in [1.82, 2.24) is 20.1 Å². The van der Waals surface area contributed by atoms with Crippen molar-refractivity contribution < 1.29 is 9.90 Å². The SMILES string of the molecule is Cc1ccc(-n2c(SCC(=O)NC3CCCCC3)nnc2-c2cc(Br)ccc2O)c(C)c1. The van der Waals surface area contributed by atoms with Gasteiger partial charge in [0, 0.05) is 10.5 Å². The predicted molar refractivity (Wildman–Crippen MR) is 131 cm³/mol. The molecule has 1 amide bonds. The fourth-order valence-electron chi connectivity index (χ4n) is 4.15. The molecule has 1 saturated carbocycles. The van der Waals surface area contributed by atoms with Crippen molar-refractivity contribution in [2.75, 3.05) is 5.75 Å². The minimum absolute atomic E-state index is 0.0175. The molecule has 2 aromatic carbocycles. The highest BCUT2D eigenvalue weighted by Crippen LogP contribution is 2.35. The summed E-state index contributed by atoms with van der Waals surface area (Å²) in [6.45, 7) is 4.09. The van der Waals surface area contributed by atoms with E-state index in [2.05, 4.69) is 44.4 Å². The Balaban J connectivity index is 1.65. The zero-order valence-electron chi connectivity index (χ0n) is 18.3. The summed E-state index contributed by atoms with van der Waals surface area (Å²) in [5.74, 6) is 0.942. The van der Waals surface area contributed by atoms with Crippen molar-refractivity contribution >= 4 is 33.6 Å². The number of aromatic hydroxyl groups is 1. The highest BCUT2D eigenvalue weighted by Gasteiger charge is 2.22. The Hall–Kier alpha value is -2.32. The Kier molecular flexibility index (Phi) is 7.20. The van der Waals surface area contributed by atoms with Crippen molar-refractivity contribution in [3.63, 3.8) is 0 Å². The summed E-state index contributed by atoms with van der Waals surface area (Å²) < 4.78 is 2.76. The van der Waals surface area contributed by atoms with Crippen LogP contribution in [0.15, 0.2) is 46.0 Å². The molecule has 6 nitrogen and oxygen atoms in total. The number of carbonyl (C=O) groups is 1. The molecule has 0 saturated heterocycles. The molecule has 1 aromatic heterocycles. The normalized spacial score (nSPS) is 14.5. The third-order valence-corrected chi connectivity index (χ3v) is 7.15. The standard InChI is InChI=1S/C24H27BrN4O2S/c1-15-8-10-20(16(2)12-15)29-23(19-13-17(25)9-11-21(19)30)27-28-24(29)32-14-22(31)26-18-6-4-3-5-7-18/h8-13,18,30H,3-7,14H2,1-2H3,(H,26,31). The van der Waals surface area contributed by atoms with Crippen molar-refractivity contribution in [2.45, 2.75) is 57.1 Å². The molecule has 0 aliphatic heterocycles. The van der Waals surface area contributed by atoms with Crippen LogP contribution in [0.5, 0.6) is 5.75 Å². The van der Waals surface area contributed by atoms with E-state index >= 15 is 0 Å². The number of aromatic nitrogens is 3. The van der Waals surface area contributed by atoms with Crippen LogP contribution in [0, 0.1) is 13.8 Å². The molecule has 0 bridgehead atoms. The first-order valence-corrected chi connectivity index (χ1v) is 12.6. The molecule has 3 aromatic rings. The summed E-state index contributed by atoms with van der Waals surface area (Å²) in [6.07, 6.45) is 5.73. The second kappa shape index (κ2) is 10.1. The van der Waals surface area contributed by atoms with E-state index in [-0.39, 0.29) is 23.5 Å². The quantitative estimate of drug-likeness (QED) is 0.420. The second-order valence-electron chi connectivity index (χ2n) is 8.28. The van der Waals surface area contributed by atoms with Gasteiger partial charge in [-0.15, -0.1) is 10.2 Å². The largest absolute Gasteiger partial charge is 0.507 e. The highest BCUT2D eigenvalue weighted by molar-refractivity contribution is 9.10. The first-order chi connectivity index (χ1) is 15.4. The summed E-state index contributed by atoms with van der Waals surface area (Å²) >= 11 is 4.84. The summed E-state index contributed by atoms with van der Waals surface area (Å²) in [5.41, 5.74) is 3.72. The van der Waals surface area contributed by atoms with Gasteiger partial charge in [-0.1, -0.05) is 64.7 Å². The number of nitrogens with one attached hydrogen (secondary N) is 1. The minimum atomic E-state index is 0.0175. The molecule has 2 N–H and O–H groups in total. The molecule has 168 valence electrons. The zero-order chi connectivity index (χ0) is 22.7. The topological polar surface area (TPSA) is 80.0 Å². The van der Waals surface area contributed by atoms with Crippen LogP contribution in [0.4, 0.5) is 0 Å². The lowest BCUT2D eigenvalue weighted by molar-refractivity contribution is -0.119. The number of amides is 1. The van der Waals surface area contributed by atoms with Crippen molar-refractivity contribution in [3.05, 3.63) is 52.0 Å². The fraction of sp³-hybridized carbons (Fsp3) is 0.375. The molecule has 32 heavy (non-hydrogen) atoms. The lowest BCUT2D eigenvalue weighted by atomic mass is 9.95. The van der Waals surface area contributed by atoms with Crippen LogP contribution in [-0.4, -0.2) is 37.6 Å². The van der Waals surface area contributed by atoms with Gasteiger partial charge < -0.3 is 10.4 Å². The molecule has 4 rings (SSSR count). The van der Waals surface area contributed by atoms with Crippen molar-refractivity contribution in [2.24, 2.45) is 0 Å². The maximum Gasteiger partial charge on any atom is 0.230 e. The van der Waals surface area contributed by atoms with Crippen LogP contribution in [0.3, 0.4) is 0 Å². The van der Waals surface area contributed by atoms with Crippen molar-refractivity contribution in [3.8, 4) is 22.8 Å². The molecule has 0 radical (unpaired) electrons. The molecule has 8 heteroatoms. The third-order valence-electron chi connectivity index (χ3n) is 5.73. The van der Waals surface area contributed by atoms with Gasteiger partial charge in [-0.25, -0.2) is 0 Å². The van der Waals surface area contributed by atoms with Crippen LogP contribution >= 0.6 is 27.7 Å². The lowest BCUT2D eigenvalue weighted by Crippen LogP contribution is -2.37. The van der Waals surface area contributed by atoms with Gasteiger partial charge in [-0.2, -0.15) is 0 Å². The average molecular weight is 515 g/mol. The Bertz CT molecular complexity index is 1130. The number of phenolic OH excluding ortho intramolecular Hbond substituents is 1. The number of hydrogen-bond donors (Lipinski definition) is 2. The Labute approximate surface area is 201 Å². The molecule has 0 spiro atoms. The van der Waals surface area contributed by atoms with Gasteiger partial charge in [0.1, 0.15) is 5.75 Å². The van der Waals surface area contributed by atoms with Gasteiger partial charge in [0.2, 0.25) is 5.91 Å². The van der Waals surface area contributed by atoms with E-state index in [1.807, 2.05) is 29.7 Å². The van der Waals surface area contributed by atoms with E-state index in [0.29, 0.717) is 16.5 Å². The summed E-state index contributed by atoms with van der Waals surface area (Å²) in [4.78, 5) is 12.6. The van der Waals surface area contributed by atoms with Crippen molar-refractivity contribution in [1.29, 1.82) is 0 Å². The molecule has 1 fully saturated rings. The number of halogens is 1. The van der Waals surface area contributed by atoms with Gasteiger partial charge in [0.05, 0.1) is 17.0 Å². The van der Waals surface area contributed by atoms with Gasteiger partial charge in [0.25, 0.3) is 0 Å². The molecular weight excluding hydrogens is 488 g/mol. The molecule has 0 atom stereocenters. The van der Waals surface area contributed by atoms with E-state index < -0.39 is 0 Å². The predicted octanol–water partition coefficient (Wildman–Crippen LogP) is 5.56.